The molecule has 1 rings (SSSR count). The molecule has 37 heavy (non-hydrogen) atoms. The number of unbranched alkanes of at least 4 members (excludes halogenated alkanes) is 8. The van der Waals surface area contributed by atoms with Gasteiger partial charge in [-0.1, -0.05) is 78.2 Å². The molecule has 0 aromatic carbocycles. The van der Waals surface area contributed by atoms with Crippen LogP contribution in [-0.2, 0) is 15.6 Å². The third-order valence-corrected chi connectivity index (χ3v) is 7.72. The average Bonchev–Trinajstić information content (AvgIpc) is 3.06. The maximum absolute atomic E-state index is 13.1. The number of carbonyl (C=O) groups is 1. The highest BCUT2D eigenvalue weighted by Gasteiger charge is 2.36. The van der Waals surface area contributed by atoms with E-state index in [0.717, 1.165) is 69.3 Å². The first-order valence-electron chi connectivity index (χ1n) is 13.2. The van der Waals surface area contributed by atoms with Crippen LogP contribution in [0.2, 0.25) is 0 Å². The van der Waals surface area contributed by atoms with Gasteiger partial charge in [-0.15, -0.1) is 0 Å². The van der Waals surface area contributed by atoms with Gasteiger partial charge in [0.25, 0.3) is 0 Å². The summed E-state index contributed by atoms with van der Waals surface area (Å²) in [5.74, 6) is 1.34. The van der Waals surface area contributed by atoms with Crippen LogP contribution in [0.25, 0.3) is 0 Å². The number of nitrogens with one attached hydrogen (secondary N) is 1. The molecule has 1 amide bonds. The van der Waals surface area contributed by atoms with E-state index in [1.54, 1.807) is 6.07 Å². The zero-order chi connectivity index (χ0) is 28.3. The summed E-state index contributed by atoms with van der Waals surface area (Å²) in [7, 11) is 0.285. The Bertz CT molecular complexity index is 841. The molecule has 0 saturated carbocycles. The van der Waals surface area contributed by atoms with E-state index in [1.165, 1.54) is 31.8 Å². The van der Waals surface area contributed by atoms with Crippen LogP contribution in [-0.4, -0.2) is 40.0 Å². The number of nitrogens with zero attached hydrogens (tertiary/aromatic N) is 1. The van der Waals surface area contributed by atoms with Crippen molar-refractivity contribution < 1.29 is 27.3 Å². The highest BCUT2D eigenvalue weighted by Crippen LogP contribution is 2.33. The number of aliphatic hydroxyl groups is 1. The summed E-state index contributed by atoms with van der Waals surface area (Å²) in [6.45, 7) is 5.85. The van der Waals surface area contributed by atoms with Gasteiger partial charge in [0.1, 0.15) is 0 Å². The van der Waals surface area contributed by atoms with Crippen LogP contribution < -0.4 is 5.32 Å². The van der Waals surface area contributed by atoms with Crippen molar-refractivity contribution in [1.29, 1.82) is 5.26 Å². The molecule has 0 saturated heterocycles. The van der Waals surface area contributed by atoms with Gasteiger partial charge < -0.3 is 10.4 Å². The molecule has 1 unspecified atom stereocenters. The van der Waals surface area contributed by atoms with Gasteiger partial charge in [0.15, 0.2) is 0 Å². The summed E-state index contributed by atoms with van der Waals surface area (Å²) in [6.07, 6.45) is 10.2. The highest BCUT2D eigenvalue weighted by molar-refractivity contribution is 7.84. The van der Waals surface area contributed by atoms with Crippen molar-refractivity contribution >= 4 is 16.7 Å². The molecule has 1 atom stereocenters. The third kappa shape index (κ3) is 15.2. The lowest BCUT2D eigenvalue weighted by Gasteiger charge is -2.24. The van der Waals surface area contributed by atoms with Crippen LogP contribution in [0.5, 0.6) is 0 Å². The van der Waals surface area contributed by atoms with E-state index in [4.69, 9.17) is 10.4 Å². The first kappa shape index (κ1) is 35.1. The van der Waals surface area contributed by atoms with Crippen molar-refractivity contribution in [2.24, 2.45) is 5.41 Å². The van der Waals surface area contributed by atoms with Crippen LogP contribution in [0.1, 0.15) is 97.8 Å². The second kappa shape index (κ2) is 19.2. The molecule has 0 fully saturated rings. The minimum Gasteiger partial charge on any atom is -0.400 e. The first-order chi connectivity index (χ1) is 17.5. The van der Waals surface area contributed by atoms with Gasteiger partial charge in [-0.2, -0.15) is 18.4 Å². The molecule has 0 aromatic rings. The first-order valence-corrected chi connectivity index (χ1v) is 14.7. The van der Waals surface area contributed by atoms with Gasteiger partial charge in [-0.05, 0) is 31.4 Å². The number of amides is 1. The average molecular weight is 547 g/mol. The molecule has 2 N–H and O–H groups in total. The fraction of sp³-hybridized carbons (Fsp3) is 0.714. The molecule has 1 aliphatic rings. The maximum Gasteiger partial charge on any atom is 0.417 e. The molecule has 0 radical (unpaired) electrons. The van der Waals surface area contributed by atoms with Crippen LogP contribution in [0.15, 0.2) is 35.1 Å². The van der Waals surface area contributed by atoms with Gasteiger partial charge in [0.05, 0.1) is 17.2 Å². The Hall–Kier alpha value is -1.92. The van der Waals surface area contributed by atoms with Crippen molar-refractivity contribution in [3.8, 4) is 6.07 Å². The number of alkyl halides is 3. The summed E-state index contributed by atoms with van der Waals surface area (Å²) >= 11 is 0. The van der Waals surface area contributed by atoms with Crippen molar-refractivity contribution in [2.75, 3.05) is 18.6 Å². The molecule has 5 nitrogen and oxygen atoms in total. The number of rotatable bonds is 16. The summed E-state index contributed by atoms with van der Waals surface area (Å²) < 4.78 is 51.4. The zero-order valence-electron chi connectivity index (χ0n) is 22.9. The van der Waals surface area contributed by atoms with Crippen molar-refractivity contribution in [3.63, 3.8) is 0 Å². The highest BCUT2D eigenvalue weighted by atomic mass is 32.2. The minimum absolute atomic E-state index is 0.0988. The predicted octanol–water partition coefficient (Wildman–Crippen LogP) is 7.02. The fourth-order valence-electron chi connectivity index (χ4n) is 3.88. The van der Waals surface area contributed by atoms with Crippen molar-refractivity contribution in [1.82, 2.24) is 5.32 Å². The smallest absolute Gasteiger partial charge is 0.400 e. The molecule has 0 aromatic heterocycles. The molecule has 0 spiro atoms. The lowest BCUT2D eigenvalue weighted by Crippen LogP contribution is -2.36. The van der Waals surface area contributed by atoms with Crippen molar-refractivity contribution in [3.05, 3.63) is 35.1 Å². The van der Waals surface area contributed by atoms with Gasteiger partial charge in [0, 0.05) is 46.9 Å². The van der Waals surface area contributed by atoms with E-state index in [0.29, 0.717) is 12.1 Å². The summed E-state index contributed by atoms with van der Waals surface area (Å²) in [5, 5.41) is 18.8. The number of aliphatic hydroxyl groups excluding tert-OH is 1. The van der Waals surface area contributed by atoms with E-state index in [-0.39, 0.29) is 12.3 Å². The normalized spacial score (nSPS) is 14.7. The van der Waals surface area contributed by atoms with Gasteiger partial charge in [-0.3, -0.25) is 9.00 Å². The summed E-state index contributed by atoms with van der Waals surface area (Å²) in [6, 6.07) is 1.57. The third-order valence-electron chi connectivity index (χ3n) is 6.23. The van der Waals surface area contributed by atoms with E-state index >= 15 is 0 Å². The number of allylic oxidation sites excluding steroid dienone is 5. The number of hydrogen-bond donors (Lipinski definition) is 2. The molecular weight excluding hydrogens is 501 g/mol. The Morgan fingerprint density at radius 2 is 1.54 bits per heavy atom. The van der Waals surface area contributed by atoms with E-state index in [9.17, 15) is 22.2 Å². The second-order valence-corrected chi connectivity index (χ2v) is 11.5. The maximum atomic E-state index is 13.1. The molecule has 0 aliphatic heterocycles. The Labute approximate surface area is 223 Å². The van der Waals surface area contributed by atoms with Crippen LogP contribution in [0, 0.1) is 16.7 Å². The van der Waals surface area contributed by atoms with Crippen LogP contribution in [0.4, 0.5) is 13.2 Å². The summed E-state index contributed by atoms with van der Waals surface area (Å²) in [5.41, 5.74) is -1.76. The molecule has 0 heterocycles. The molecule has 9 heteroatoms. The quantitative estimate of drug-likeness (QED) is 0.204. The van der Waals surface area contributed by atoms with Gasteiger partial charge >= 0.3 is 6.18 Å². The largest absolute Gasteiger partial charge is 0.417 e. The fourth-order valence-corrected chi connectivity index (χ4v) is 5.14. The van der Waals surface area contributed by atoms with E-state index < -0.39 is 33.5 Å². The van der Waals surface area contributed by atoms with Crippen molar-refractivity contribution in [2.45, 2.75) is 104 Å². The number of hydrogen-bond acceptors (Lipinski definition) is 4. The number of nitriles is 1. The second-order valence-electron chi connectivity index (χ2n) is 9.82. The lowest BCUT2D eigenvalue weighted by molar-refractivity contribution is -0.129. The Morgan fingerprint density at radius 1 is 1.00 bits per heavy atom. The summed E-state index contributed by atoms with van der Waals surface area (Å²) in [4.78, 5) is 12.7. The van der Waals surface area contributed by atoms with E-state index in [2.05, 4.69) is 12.2 Å². The Balaban J connectivity index is 0.00000631. The van der Waals surface area contributed by atoms with Gasteiger partial charge in [-0.25, -0.2) is 0 Å². The SMILES string of the molecule is CCCCCCCS(=O)CCCCCCCC(C)(C)C(=O)NC1=CC=C(C#N)C(C(F)(F)F)=CC1.CO. The van der Waals surface area contributed by atoms with Gasteiger partial charge in [0.2, 0.25) is 5.91 Å². The minimum atomic E-state index is -4.61. The number of carbonyl (C=O) groups excluding carboxylic acids is 1. The van der Waals surface area contributed by atoms with Crippen LogP contribution in [0.3, 0.4) is 0 Å². The standard InChI is InChI=1S/C27H41F3N2O2S.CH4O/c1-4-5-6-9-12-19-35(34)20-13-10-7-8-11-18-26(2,3)25(33)32-23-15-14-22(21-31)24(17-16-23)27(28,29)30;1-2/h14-15,17H,4-13,16,18-20H2,1-3H3,(H,32,33);2H,1H3. The van der Waals surface area contributed by atoms with Crippen LogP contribution >= 0.6 is 0 Å². The molecule has 1 aliphatic carbocycles. The monoisotopic (exact) mass is 546 g/mol. The van der Waals surface area contributed by atoms with E-state index in [1.807, 2.05) is 13.8 Å². The molecular formula is C28H45F3N2O3S. The molecule has 0 bridgehead atoms. The number of halogens is 3. The Kier molecular flexibility index (Phi) is 18.2. The Morgan fingerprint density at radius 3 is 2.08 bits per heavy atom. The zero-order valence-corrected chi connectivity index (χ0v) is 23.7. The predicted molar refractivity (Wildman–Crippen MR) is 145 cm³/mol. The lowest BCUT2D eigenvalue weighted by atomic mass is 9.85. The topological polar surface area (TPSA) is 90.2 Å². The molecule has 212 valence electrons.